The highest BCUT2D eigenvalue weighted by atomic mass is 19.1. The number of fused-ring (bicyclic) bond motifs is 1. The summed E-state index contributed by atoms with van der Waals surface area (Å²) in [6.07, 6.45) is 2.50. The summed E-state index contributed by atoms with van der Waals surface area (Å²) in [5.41, 5.74) is 0.679. The van der Waals surface area contributed by atoms with Crippen molar-refractivity contribution in [1.29, 1.82) is 0 Å². The van der Waals surface area contributed by atoms with E-state index in [-0.39, 0.29) is 5.82 Å². The number of rotatable bonds is 2. The smallest absolute Gasteiger partial charge is 0.146 e. The zero-order valence-corrected chi connectivity index (χ0v) is 11.6. The fourth-order valence-electron chi connectivity index (χ4n) is 3.36. The van der Waals surface area contributed by atoms with Crippen LogP contribution in [0.3, 0.4) is 0 Å². The highest BCUT2D eigenvalue weighted by Crippen LogP contribution is 2.32. The summed E-state index contributed by atoms with van der Waals surface area (Å²) in [6.45, 7) is 5.32. The molecule has 0 amide bonds. The third-order valence-electron chi connectivity index (χ3n) is 4.40. The van der Waals surface area contributed by atoms with Crippen LogP contribution in [-0.4, -0.2) is 43.7 Å². The van der Waals surface area contributed by atoms with E-state index in [9.17, 15) is 4.39 Å². The number of methoxy groups -OCH3 is 1. The van der Waals surface area contributed by atoms with Gasteiger partial charge >= 0.3 is 0 Å². The van der Waals surface area contributed by atoms with Gasteiger partial charge < -0.3 is 9.64 Å². The van der Waals surface area contributed by atoms with Gasteiger partial charge in [-0.1, -0.05) is 0 Å². The van der Waals surface area contributed by atoms with Crippen molar-refractivity contribution in [2.24, 2.45) is 0 Å². The normalized spacial score (nSPS) is 27.4. The number of halogens is 1. The summed E-state index contributed by atoms with van der Waals surface area (Å²) in [7, 11) is 1.62. The number of nitrogens with zero attached hydrogens (tertiary/aromatic N) is 2. The number of ether oxygens (including phenoxy) is 1. The first-order chi connectivity index (χ1) is 9.19. The molecule has 0 radical (unpaired) electrons. The Kier molecular flexibility index (Phi) is 3.35. The topological polar surface area (TPSA) is 15.7 Å². The lowest BCUT2D eigenvalue weighted by Gasteiger charge is -2.43. The van der Waals surface area contributed by atoms with E-state index in [0.29, 0.717) is 17.8 Å². The molecule has 2 atom stereocenters. The summed E-state index contributed by atoms with van der Waals surface area (Å²) in [5.74, 6) is 0.566. The van der Waals surface area contributed by atoms with E-state index in [1.807, 2.05) is 6.07 Å². The third-order valence-corrected chi connectivity index (χ3v) is 4.40. The van der Waals surface area contributed by atoms with Crippen LogP contribution in [0.25, 0.3) is 0 Å². The van der Waals surface area contributed by atoms with Crippen LogP contribution >= 0.6 is 0 Å². The van der Waals surface area contributed by atoms with Crippen LogP contribution in [-0.2, 0) is 0 Å². The Morgan fingerprint density at radius 2 is 2.16 bits per heavy atom. The van der Waals surface area contributed by atoms with Crippen LogP contribution in [0.15, 0.2) is 18.2 Å². The first-order valence-corrected chi connectivity index (χ1v) is 7.03. The molecule has 2 saturated heterocycles. The highest BCUT2D eigenvalue weighted by Gasteiger charge is 2.35. The Bertz CT molecular complexity index is 465. The minimum atomic E-state index is -0.154. The van der Waals surface area contributed by atoms with Crippen molar-refractivity contribution < 1.29 is 9.13 Å². The molecule has 2 aliphatic heterocycles. The Hall–Kier alpha value is -1.29. The van der Waals surface area contributed by atoms with E-state index in [2.05, 4.69) is 16.7 Å². The van der Waals surface area contributed by atoms with Crippen molar-refractivity contribution >= 4 is 5.69 Å². The Morgan fingerprint density at radius 1 is 1.32 bits per heavy atom. The van der Waals surface area contributed by atoms with Crippen molar-refractivity contribution in [2.75, 3.05) is 31.6 Å². The van der Waals surface area contributed by atoms with Gasteiger partial charge in [-0.2, -0.15) is 0 Å². The summed E-state index contributed by atoms with van der Waals surface area (Å²) in [5, 5.41) is 0. The molecule has 1 aromatic rings. The molecule has 0 spiro atoms. The molecule has 2 heterocycles. The number of benzene rings is 1. The molecule has 0 aromatic heterocycles. The van der Waals surface area contributed by atoms with E-state index in [0.717, 1.165) is 18.8 Å². The molecule has 2 unspecified atom stereocenters. The molecule has 104 valence electrons. The second-order valence-corrected chi connectivity index (χ2v) is 5.61. The summed E-state index contributed by atoms with van der Waals surface area (Å²) < 4.78 is 19.3. The molecule has 0 bridgehead atoms. The van der Waals surface area contributed by atoms with E-state index in [1.54, 1.807) is 13.2 Å². The molecule has 1 aromatic carbocycles. The maximum atomic E-state index is 14.1. The maximum Gasteiger partial charge on any atom is 0.146 e. The van der Waals surface area contributed by atoms with Crippen LogP contribution in [0.1, 0.15) is 19.8 Å². The molecular weight excluding hydrogens is 243 g/mol. The largest absolute Gasteiger partial charge is 0.497 e. The molecule has 2 aliphatic rings. The highest BCUT2D eigenvalue weighted by molar-refractivity contribution is 5.53. The fraction of sp³-hybridized carbons (Fsp3) is 0.600. The fourth-order valence-corrected chi connectivity index (χ4v) is 3.36. The second-order valence-electron chi connectivity index (χ2n) is 5.61. The van der Waals surface area contributed by atoms with Gasteiger partial charge in [-0.3, -0.25) is 4.90 Å². The van der Waals surface area contributed by atoms with Gasteiger partial charge in [0.1, 0.15) is 11.6 Å². The third kappa shape index (κ3) is 2.29. The predicted octanol–water partition coefficient (Wildman–Crippen LogP) is 2.51. The van der Waals surface area contributed by atoms with Gasteiger partial charge in [0, 0.05) is 31.2 Å². The zero-order valence-electron chi connectivity index (χ0n) is 11.6. The first kappa shape index (κ1) is 12.7. The number of hydrogen-bond donors (Lipinski definition) is 0. The molecule has 0 saturated carbocycles. The van der Waals surface area contributed by atoms with Crippen molar-refractivity contribution in [1.82, 2.24) is 4.90 Å². The van der Waals surface area contributed by atoms with Crippen molar-refractivity contribution in [3.8, 4) is 5.75 Å². The summed E-state index contributed by atoms with van der Waals surface area (Å²) in [6, 6.07) is 5.92. The van der Waals surface area contributed by atoms with E-state index >= 15 is 0 Å². The molecular formula is C15H21FN2O. The van der Waals surface area contributed by atoms with Crippen LogP contribution in [0.2, 0.25) is 0 Å². The monoisotopic (exact) mass is 264 g/mol. The lowest BCUT2D eigenvalue weighted by Crippen LogP contribution is -2.55. The number of piperazine rings is 1. The van der Waals surface area contributed by atoms with Gasteiger partial charge in [0.15, 0.2) is 0 Å². The Morgan fingerprint density at radius 3 is 2.95 bits per heavy atom. The van der Waals surface area contributed by atoms with Crippen LogP contribution < -0.4 is 9.64 Å². The van der Waals surface area contributed by atoms with Gasteiger partial charge in [-0.25, -0.2) is 4.39 Å². The van der Waals surface area contributed by atoms with Crippen LogP contribution in [0.4, 0.5) is 10.1 Å². The van der Waals surface area contributed by atoms with Gasteiger partial charge in [0.25, 0.3) is 0 Å². The average Bonchev–Trinajstić information content (AvgIpc) is 2.85. The average molecular weight is 264 g/mol. The SMILES string of the molecule is COc1ccc(F)c(N2CC3CCCN3CC2C)c1. The van der Waals surface area contributed by atoms with Crippen molar-refractivity contribution in [3.05, 3.63) is 24.0 Å². The van der Waals surface area contributed by atoms with Gasteiger partial charge in [0.05, 0.1) is 12.8 Å². The molecule has 19 heavy (non-hydrogen) atoms. The second kappa shape index (κ2) is 5.00. The number of anilines is 1. The molecule has 2 fully saturated rings. The molecule has 0 N–H and O–H groups in total. The standard InChI is InChI=1S/C15H21FN2O/c1-11-9-17-7-3-4-12(17)10-18(11)15-8-13(19-2)5-6-14(15)16/h5-6,8,11-12H,3-4,7,9-10H2,1-2H3. The quantitative estimate of drug-likeness (QED) is 0.816. The minimum Gasteiger partial charge on any atom is -0.497 e. The summed E-state index contributed by atoms with van der Waals surface area (Å²) in [4.78, 5) is 4.74. The van der Waals surface area contributed by atoms with E-state index < -0.39 is 0 Å². The van der Waals surface area contributed by atoms with Crippen LogP contribution in [0.5, 0.6) is 5.75 Å². The molecule has 4 heteroatoms. The van der Waals surface area contributed by atoms with Crippen molar-refractivity contribution in [3.63, 3.8) is 0 Å². The van der Waals surface area contributed by atoms with E-state index in [1.165, 1.54) is 25.5 Å². The summed E-state index contributed by atoms with van der Waals surface area (Å²) >= 11 is 0. The van der Waals surface area contributed by atoms with Gasteiger partial charge in [-0.15, -0.1) is 0 Å². The lowest BCUT2D eigenvalue weighted by atomic mass is 10.1. The Balaban J connectivity index is 1.88. The van der Waals surface area contributed by atoms with Crippen LogP contribution in [0, 0.1) is 5.82 Å². The maximum absolute atomic E-state index is 14.1. The number of hydrogen-bond acceptors (Lipinski definition) is 3. The molecule has 3 nitrogen and oxygen atoms in total. The zero-order chi connectivity index (χ0) is 13.4. The molecule has 3 rings (SSSR count). The predicted molar refractivity (Wildman–Crippen MR) is 74.4 cm³/mol. The van der Waals surface area contributed by atoms with Crippen molar-refractivity contribution in [2.45, 2.75) is 31.8 Å². The Labute approximate surface area is 114 Å². The first-order valence-electron chi connectivity index (χ1n) is 7.03. The molecule has 0 aliphatic carbocycles. The van der Waals surface area contributed by atoms with Gasteiger partial charge in [0.2, 0.25) is 0 Å². The van der Waals surface area contributed by atoms with Gasteiger partial charge in [-0.05, 0) is 38.4 Å². The van der Waals surface area contributed by atoms with E-state index in [4.69, 9.17) is 4.74 Å². The minimum absolute atomic E-state index is 0.154. The lowest BCUT2D eigenvalue weighted by molar-refractivity contribution is 0.202.